The van der Waals surface area contributed by atoms with E-state index < -0.39 is 0 Å². The number of hydrogen-bond acceptors (Lipinski definition) is 2. The standard InChI is InChI=1S/C23H22ClNO2/c1-2-3-4-17-5-7-18(8-6-17)23(26)25-20-11-15-22(16-12-20)27-21-13-9-19(24)10-14-21/h5-16H,2-4H2,1H3,(H,25,26). The van der Waals surface area contributed by atoms with Crippen LogP contribution < -0.4 is 10.1 Å². The summed E-state index contributed by atoms with van der Waals surface area (Å²) >= 11 is 5.87. The molecule has 3 aromatic carbocycles. The normalized spacial score (nSPS) is 10.4. The van der Waals surface area contributed by atoms with Gasteiger partial charge in [-0.3, -0.25) is 4.79 Å². The van der Waals surface area contributed by atoms with Crippen molar-refractivity contribution in [1.29, 1.82) is 0 Å². The van der Waals surface area contributed by atoms with Gasteiger partial charge < -0.3 is 10.1 Å². The fourth-order valence-electron chi connectivity index (χ4n) is 2.65. The largest absolute Gasteiger partial charge is 0.457 e. The van der Waals surface area contributed by atoms with Crippen LogP contribution in [0.15, 0.2) is 72.8 Å². The Morgan fingerprint density at radius 3 is 2.07 bits per heavy atom. The number of aryl methyl sites for hydroxylation is 1. The first kappa shape index (κ1) is 19.0. The zero-order valence-corrected chi connectivity index (χ0v) is 16.0. The van der Waals surface area contributed by atoms with Gasteiger partial charge in [0.15, 0.2) is 0 Å². The van der Waals surface area contributed by atoms with Gasteiger partial charge in [-0.15, -0.1) is 0 Å². The number of halogens is 1. The number of rotatable bonds is 7. The molecule has 0 saturated carbocycles. The maximum absolute atomic E-state index is 12.4. The highest BCUT2D eigenvalue weighted by Gasteiger charge is 2.06. The molecule has 0 spiro atoms. The number of unbranched alkanes of at least 4 members (excludes halogenated alkanes) is 1. The van der Waals surface area contributed by atoms with Crippen molar-refractivity contribution < 1.29 is 9.53 Å². The molecule has 0 aliphatic carbocycles. The van der Waals surface area contributed by atoms with Crippen molar-refractivity contribution in [3.05, 3.63) is 88.9 Å². The van der Waals surface area contributed by atoms with Gasteiger partial charge in [-0.05, 0) is 79.1 Å². The number of amides is 1. The van der Waals surface area contributed by atoms with E-state index in [1.807, 2.05) is 60.7 Å². The zero-order valence-electron chi connectivity index (χ0n) is 15.2. The lowest BCUT2D eigenvalue weighted by Crippen LogP contribution is -2.11. The highest BCUT2D eigenvalue weighted by molar-refractivity contribution is 6.30. The molecular weight excluding hydrogens is 358 g/mol. The molecule has 3 nitrogen and oxygen atoms in total. The maximum Gasteiger partial charge on any atom is 0.255 e. The lowest BCUT2D eigenvalue weighted by Gasteiger charge is -2.09. The molecule has 0 atom stereocenters. The van der Waals surface area contributed by atoms with Crippen LogP contribution in [0.4, 0.5) is 5.69 Å². The Bertz CT molecular complexity index is 872. The number of carbonyl (C=O) groups excluding carboxylic acids is 1. The lowest BCUT2D eigenvalue weighted by molar-refractivity contribution is 0.102. The van der Waals surface area contributed by atoms with Gasteiger partial charge in [0.05, 0.1) is 0 Å². The van der Waals surface area contributed by atoms with Gasteiger partial charge in [0.2, 0.25) is 0 Å². The van der Waals surface area contributed by atoms with Crippen LogP contribution in [0, 0.1) is 0 Å². The van der Waals surface area contributed by atoms with Gasteiger partial charge in [0.25, 0.3) is 5.91 Å². The Hall–Kier alpha value is -2.78. The summed E-state index contributed by atoms with van der Waals surface area (Å²) in [7, 11) is 0. The zero-order chi connectivity index (χ0) is 19.1. The van der Waals surface area contributed by atoms with Gasteiger partial charge in [0, 0.05) is 16.3 Å². The third-order valence-electron chi connectivity index (χ3n) is 4.20. The first-order chi connectivity index (χ1) is 13.1. The van der Waals surface area contributed by atoms with Crippen LogP contribution in [0.25, 0.3) is 0 Å². The maximum atomic E-state index is 12.4. The molecule has 27 heavy (non-hydrogen) atoms. The molecule has 1 N–H and O–H groups in total. The summed E-state index contributed by atoms with van der Waals surface area (Å²) in [5, 5.41) is 3.57. The molecule has 0 heterocycles. The Morgan fingerprint density at radius 2 is 1.48 bits per heavy atom. The monoisotopic (exact) mass is 379 g/mol. The molecule has 0 unspecified atom stereocenters. The quantitative estimate of drug-likeness (QED) is 0.494. The second kappa shape index (κ2) is 9.24. The van der Waals surface area contributed by atoms with Crippen molar-refractivity contribution >= 4 is 23.2 Å². The molecule has 0 bridgehead atoms. The summed E-state index contributed by atoms with van der Waals surface area (Å²) in [6, 6.07) is 22.2. The minimum atomic E-state index is -0.122. The topological polar surface area (TPSA) is 38.3 Å². The minimum absolute atomic E-state index is 0.122. The van der Waals surface area contributed by atoms with Crippen molar-refractivity contribution in [3.63, 3.8) is 0 Å². The first-order valence-electron chi connectivity index (χ1n) is 9.08. The fraction of sp³-hybridized carbons (Fsp3) is 0.174. The minimum Gasteiger partial charge on any atom is -0.457 e. The van der Waals surface area contributed by atoms with E-state index >= 15 is 0 Å². The van der Waals surface area contributed by atoms with Crippen molar-refractivity contribution in [2.24, 2.45) is 0 Å². The van der Waals surface area contributed by atoms with Gasteiger partial charge in [-0.25, -0.2) is 0 Å². The molecular formula is C23H22ClNO2. The van der Waals surface area contributed by atoms with E-state index in [1.165, 1.54) is 12.0 Å². The number of nitrogens with one attached hydrogen (secondary N) is 1. The Kier molecular flexibility index (Phi) is 6.50. The molecule has 0 aromatic heterocycles. The van der Waals surface area contributed by atoms with E-state index in [4.69, 9.17) is 16.3 Å². The fourth-order valence-corrected chi connectivity index (χ4v) is 2.78. The van der Waals surface area contributed by atoms with E-state index in [9.17, 15) is 4.79 Å². The van der Waals surface area contributed by atoms with Crippen LogP contribution in [0.5, 0.6) is 11.5 Å². The van der Waals surface area contributed by atoms with Crippen molar-refractivity contribution in [1.82, 2.24) is 0 Å². The van der Waals surface area contributed by atoms with E-state index in [0.29, 0.717) is 22.1 Å². The van der Waals surface area contributed by atoms with Crippen molar-refractivity contribution in [3.8, 4) is 11.5 Å². The van der Waals surface area contributed by atoms with Crippen LogP contribution in [0.2, 0.25) is 5.02 Å². The average molecular weight is 380 g/mol. The van der Waals surface area contributed by atoms with Crippen LogP contribution in [-0.2, 0) is 6.42 Å². The Balaban J connectivity index is 1.58. The van der Waals surface area contributed by atoms with Gasteiger partial charge >= 0.3 is 0 Å². The molecule has 1 amide bonds. The second-order valence-electron chi connectivity index (χ2n) is 6.33. The number of carbonyl (C=O) groups is 1. The number of benzene rings is 3. The third-order valence-corrected chi connectivity index (χ3v) is 4.45. The van der Waals surface area contributed by atoms with Crippen molar-refractivity contribution in [2.45, 2.75) is 26.2 Å². The Labute approximate surface area is 164 Å². The van der Waals surface area contributed by atoms with E-state index in [0.717, 1.165) is 18.5 Å². The van der Waals surface area contributed by atoms with E-state index in [1.54, 1.807) is 12.1 Å². The highest BCUT2D eigenvalue weighted by atomic mass is 35.5. The molecule has 0 aliphatic heterocycles. The van der Waals surface area contributed by atoms with Gasteiger partial charge in [-0.2, -0.15) is 0 Å². The highest BCUT2D eigenvalue weighted by Crippen LogP contribution is 2.24. The van der Waals surface area contributed by atoms with Crippen LogP contribution >= 0.6 is 11.6 Å². The molecule has 3 rings (SSSR count). The lowest BCUT2D eigenvalue weighted by atomic mass is 10.1. The van der Waals surface area contributed by atoms with Gasteiger partial charge in [-0.1, -0.05) is 37.1 Å². The number of anilines is 1. The molecule has 3 aromatic rings. The van der Waals surface area contributed by atoms with E-state index in [-0.39, 0.29) is 5.91 Å². The molecule has 4 heteroatoms. The smallest absolute Gasteiger partial charge is 0.255 e. The summed E-state index contributed by atoms with van der Waals surface area (Å²) in [6.07, 6.45) is 3.38. The van der Waals surface area contributed by atoms with E-state index in [2.05, 4.69) is 12.2 Å². The summed E-state index contributed by atoms with van der Waals surface area (Å²) in [6.45, 7) is 2.17. The molecule has 0 fully saturated rings. The predicted molar refractivity (Wildman–Crippen MR) is 111 cm³/mol. The van der Waals surface area contributed by atoms with Gasteiger partial charge in [0.1, 0.15) is 11.5 Å². The first-order valence-corrected chi connectivity index (χ1v) is 9.45. The SMILES string of the molecule is CCCCc1ccc(C(=O)Nc2ccc(Oc3ccc(Cl)cc3)cc2)cc1. The predicted octanol–water partition coefficient (Wildman–Crippen LogP) is 6.73. The summed E-state index contributed by atoms with van der Waals surface area (Å²) in [5.41, 5.74) is 2.63. The number of hydrogen-bond donors (Lipinski definition) is 1. The number of ether oxygens (including phenoxy) is 1. The van der Waals surface area contributed by atoms with Crippen LogP contribution in [0.3, 0.4) is 0 Å². The Morgan fingerprint density at radius 1 is 0.889 bits per heavy atom. The summed E-state index contributed by atoms with van der Waals surface area (Å²) in [4.78, 5) is 12.4. The molecule has 0 radical (unpaired) electrons. The van der Waals surface area contributed by atoms with Crippen LogP contribution in [0.1, 0.15) is 35.7 Å². The van der Waals surface area contributed by atoms with Crippen molar-refractivity contribution in [2.75, 3.05) is 5.32 Å². The third kappa shape index (κ3) is 5.60. The average Bonchev–Trinajstić information content (AvgIpc) is 2.70. The summed E-state index contributed by atoms with van der Waals surface area (Å²) in [5.74, 6) is 1.28. The molecule has 0 saturated heterocycles. The summed E-state index contributed by atoms with van der Waals surface area (Å²) < 4.78 is 5.75. The second-order valence-corrected chi connectivity index (χ2v) is 6.77. The molecule has 0 aliphatic rings. The molecule has 138 valence electrons. The van der Waals surface area contributed by atoms with Crippen LogP contribution in [-0.4, -0.2) is 5.91 Å².